The van der Waals surface area contributed by atoms with E-state index in [2.05, 4.69) is 64.1 Å². The first-order valence-corrected chi connectivity index (χ1v) is 10.2. The number of nitrogens with one attached hydrogen (secondary N) is 2. The number of guanidine groups is 1. The van der Waals surface area contributed by atoms with Crippen molar-refractivity contribution in [2.24, 2.45) is 4.99 Å². The van der Waals surface area contributed by atoms with Crippen LogP contribution in [0.15, 0.2) is 39.5 Å². The molecular formula is C18H26N4S2. The van der Waals surface area contributed by atoms with Crippen molar-refractivity contribution in [3.8, 4) is 0 Å². The van der Waals surface area contributed by atoms with E-state index in [-0.39, 0.29) is 0 Å². The number of nitrogens with zero attached hydrogens (tertiary/aromatic N) is 2. The van der Waals surface area contributed by atoms with Crippen molar-refractivity contribution in [3.63, 3.8) is 0 Å². The third-order valence-electron chi connectivity index (χ3n) is 3.33. The molecule has 1 heterocycles. The molecule has 0 bridgehead atoms. The van der Waals surface area contributed by atoms with Gasteiger partial charge in [-0.15, -0.1) is 23.1 Å². The second-order valence-electron chi connectivity index (χ2n) is 5.46. The molecule has 0 radical (unpaired) electrons. The fraction of sp³-hybridized carbons (Fsp3) is 0.444. The van der Waals surface area contributed by atoms with Crippen LogP contribution >= 0.6 is 23.1 Å². The maximum absolute atomic E-state index is 4.62. The van der Waals surface area contributed by atoms with Crippen LogP contribution in [0, 0.1) is 13.8 Å². The monoisotopic (exact) mass is 362 g/mol. The maximum Gasteiger partial charge on any atom is 0.191 e. The van der Waals surface area contributed by atoms with E-state index in [1.165, 1.54) is 10.5 Å². The van der Waals surface area contributed by atoms with Gasteiger partial charge in [-0.3, -0.25) is 4.99 Å². The number of benzene rings is 1. The largest absolute Gasteiger partial charge is 0.357 e. The lowest BCUT2D eigenvalue weighted by Gasteiger charge is -2.11. The second kappa shape index (κ2) is 10.4. The Morgan fingerprint density at radius 3 is 2.67 bits per heavy atom. The van der Waals surface area contributed by atoms with Crippen LogP contribution in [0.2, 0.25) is 0 Å². The zero-order valence-corrected chi connectivity index (χ0v) is 16.3. The summed E-state index contributed by atoms with van der Waals surface area (Å²) in [5, 5.41) is 9.92. The molecule has 2 rings (SSSR count). The first-order valence-electron chi connectivity index (χ1n) is 8.30. The minimum absolute atomic E-state index is 0.754. The highest BCUT2D eigenvalue weighted by atomic mass is 32.2. The lowest BCUT2D eigenvalue weighted by atomic mass is 10.2. The number of aryl methyl sites for hydroxylation is 2. The second-order valence-corrected chi connectivity index (χ2v) is 7.69. The molecule has 0 aliphatic heterocycles. The fourth-order valence-corrected chi connectivity index (χ4v) is 3.54. The van der Waals surface area contributed by atoms with Gasteiger partial charge in [-0.2, -0.15) is 0 Å². The van der Waals surface area contributed by atoms with Crippen LogP contribution in [-0.2, 0) is 6.42 Å². The summed E-state index contributed by atoms with van der Waals surface area (Å²) in [7, 11) is 0. The maximum atomic E-state index is 4.62. The summed E-state index contributed by atoms with van der Waals surface area (Å²) in [6.45, 7) is 8.75. The van der Waals surface area contributed by atoms with Gasteiger partial charge in [0.15, 0.2) is 5.96 Å². The number of thiazole rings is 1. The summed E-state index contributed by atoms with van der Waals surface area (Å²) in [5.74, 6) is 1.90. The van der Waals surface area contributed by atoms with E-state index in [4.69, 9.17) is 0 Å². The van der Waals surface area contributed by atoms with Gasteiger partial charge in [0.25, 0.3) is 0 Å². The van der Waals surface area contributed by atoms with Gasteiger partial charge in [-0.25, -0.2) is 4.98 Å². The Morgan fingerprint density at radius 1 is 1.21 bits per heavy atom. The Morgan fingerprint density at radius 2 is 2.00 bits per heavy atom. The van der Waals surface area contributed by atoms with Crippen LogP contribution in [0.4, 0.5) is 0 Å². The zero-order chi connectivity index (χ0) is 17.2. The summed E-state index contributed by atoms with van der Waals surface area (Å²) in [4.78, 5) is 10.4. The summed E-state index contributed by atoms with van der Waals surface area (Å²) in [5.41, 5.74) is 2.43. The Kier molecular flexibility index (Phi) is 8.12. The Bertz CT molecular complexity index is 635. The van der Waals surface area contributed by atoms with Crippen molar-refractivity contribution in [1.29, 1.82) is 0 Å². The first kappa shape index (κ1) is 18.8. The van der Waals surface area contributed by atoms with Crippen molar-refractivity contribution in [2.45, 2.75) is 32.1 Å². The predicted octanol–water partition coefficient (Wildman–Crippen LogP) is 3.65. The number of thioether (sulfide) groups is 1. The quantitative estimate of drug-likeness (QED) is 0.326. The standard InChI is InChI=1S/C18H26N4S2/c1-4-19-18(20-10-9-16-13-24-15(3)22-16)21-11-12-23-17-7-5-14(2)6-8-17/h5-8,13H,4,9-12H2,1-3H3,(H2,19,20,21). The molecule has 0 saturated carbocycles. The van der Waals surface area contributed by atoms with E-state index in [1.807, 2.05) is 18.7 Å². The Hall–Kier alpha value is -1.53. The van der Waals surface area contributed by atoms with E-state index >= 15 is 0 Å². The van der Waals surface area contributed by atoms with Gasteiger partial charge in [0.1, 0.15) is 0 Å². The van der Waals surface area contributed by atoms with E-state index in [9.17, 15) is 0 Å². The van der Waals surface area contributed by atoms with E-state index in [0.29, 0.717) is 0 Å². The van der Waals surface area contributed by atoms with Gasteiger partial charge >= 0.3 is 0 Å². The molecule has 4 nitrogen and oxygen atoms in total. The van der Waals surface area contributed by atoms with Crippen LogP contribution in [-0.4, -0.2) is 36.3 Å². The highest BCUT2D eigenvalue weighted by Crippen LogP contribution is 2.17. The smallest absolute Gasteiger partial charge is 0.191 e. The summed E-state index contributed by atoms with van der Waals surface area (Å²) < 4.78 is 0. The third-order valence-corrected chi connectivity index (χ3v) is 5.17. The van der Waals surface area contributed by atoms with Crippen LogP contribution in [0.3, 0.4) is 0 Å². The minimum Gasteiger partial charge on any atom is -0.357 e. The normalized spacial score (nSPS) is 11.5. The molecular weight excluding hydrogens is 336 g/mol. The van der Waals surface area contributed by atoms with Gasteiger partial charge < -0.3 is 10.6 Å². The molecule has 0 atom stereocenters. The van der Waals surface area contributed by atoms with Crippen molar-refractivity contribution >= 4 is 29.1 Å². The number of aliphatic imine (C=N–C) groups is 1. The Labute approximate surface area is 153 Å². The van der Waals surface area contributed by atoms with E-state index in [0.717, 1.165) is 48.5 Å². The average molecular weight is 363 g/mol. The first-order chi connectivity index (χ1) is 11.7. The number of rotatable bonds is 8. The van der Waals surface area contributed by atoms with Crippen LogP contribution in [0.1, 0.15) is 23.2 Å². The van der Waals surface area contributed by atoms with Crippen LogP contribution < -0.4 is 10.6 Å². The van der Waals surface area contributed by atoms with Crippen molar-refractivity contribution in [2.75, 3.05) is 25.4 Å². The average Bonchev–Trinajstić information content (AvgIpc) is 2.98. The number of aromatic nitrogens is 1. The molecule has 1 aromatic heterocycles. The van der Waals surface area contributed by atoms with Crippen molar-refractivity contribution < 1.29 is 0 Å². The van der Waals surface area contributed by atoms with Crippen molar-refractivity contribution in [3.05, 3.63) is 45.9 Å². The molecule has 0 aliphatic carbocycles. The number of hydrogen-bond donors (Lipinski definition) is 2. The molecule has 24 heavy (non-hydrogen) atoms. The molecule has 130 valence electrons. The van der Waals surface area contributed by atoms with E-state index < -0.39 is 0 Å². The molecule has 0 unspecified atom stereocenters. The summed E-state index contributed by atoms with van der Waals surface area (Å²) in [6.07, 6.45) is 0.888. The molecule has 0 amide bonds. The molecule has 0 aliphatic rings. The van der Waals surface area contributed by atoms with Gasteiger partial charge in [0.05, 0.1) is 10.7 Å². The van der Waals surface area contributed by atoms with Crippen LogP contribution in [0.5, 0.6) is 0 Å². The third kappa shape index (κ3) is 6.93. The number of hydrogen-bond acceptors (Lipinski definition) is 4. The molecule has 1 aromatic carbocycles. The topological polar surface area (TPSA) is 49.3 Å². The predicted molar refractivity (Wildman–Crippen MR) is 106 cm³/mol. The van der Waals surface area contributed by atoms with Crippen molar-refractivity contribution in [1.82, 2.24) is 15.6 Å². The van der Waals surface area contributed by atoms with E-state index in [1.54, 1.807) is 11.3 Å². The van der Waals surface area contributed by atoms with Gasteiger partial charge in [-0.1, -0.05) is 17.7 Å². The lowest BCUT2D eigenvalue weighted by Crippen LogP contribution is -2.38. The SMILES string of the molecule is CCNC(=NCCc1csc(C)n1)NCCSc1ccc(C)cc1. The Balaban J connectivity index is 1.71. The van der Waals surface area contributed by atoms with Gasteiger partial charge in [0, 0.05) is 42.1 Å². The fourth-order valence-electron chi connectivity index (χ4n) is 2.12. The van der Waals surface area contributed by atoms with Crippen LogP contribution in [0.25, 0.3) is 0 Å². The zero-order valence-electron chi connectivity index (χ0n) is 14.6. The summed E-state index contributed by atoms with van der Waals surface area (Å²) >= 11 is 3.55. The highest BCUT2D eigenvalue weighted by molar-refractivity contribution is 7.99. The molecule has 2 N–H and O–H groups in total. The molecule has 0 spiro atoms. The lowest BCUT2D eigenvalue weighted by molar-refractivity contribution is 0.831. The summed E-state index contributed by atoms with van der Waals surface area (Å²) in [6, 6.07) is 8.66. The molecule has 0 fully saturated rings. The molecule has 0 saturated heterocycles. The highest BCUT2D eigenvalue weighted by Gasteiger charge is 2.00. The minimum atomic E-state index is 0.754. The molecule has 2 aromatic rings. The molecule has 6 heteroatoms. The van der Waals surface area contributed by atoms with Gasteiger partial charge in [0.2, 0.25) is 0 Å². The van der Waals surface area contributed by atoms with Gasteiger partial charge in [-0.05, 0) is 32.9 Å².